The van der Waals surface area contributed by atoms with Gasteiger partial charge in [0, 0.05) is 12.1 Å². The zero-order valence-electron chi connectivity index (χ0n) is 13.5. The SMILES string of the molecule is CCCN(CC#Cc1cccc(CO)c1)Cc1cccc(O)c1. The zero-order valence-corrected chi connectivity index (χ0v) is 13.5. The van der Waals surface area contributed by atoms with Crippen LogP contribution in [0.2, 0.25) is 0 Å². The Morgan fingerprint density at radius 3 is 2.57 bits per heavy atom. The molecule has 0 amide bonds. The number of aliphatic hydroxyl groups excluding tert-OH is 1. The Kier molecular flexibility index (Phi) is 6.68. The first-order valence-corrected chi connectivity index (χ1v) is 7.90. The standard InChI is InChI=1S/C20H23NO2/c1-2-11-21(15-18-7-4-10-20(23)14-18)12-5-9-17-6-3-8-19(13-17)16-22/h3-4,6-8,10,13-14,22-23H,2,11-12,15-16H2,1H3. The van der Waals surface area contributed by atoms with Gasteiger partial charge in [-0.3, -0.25) is 4.90 Å². The van der Waals surface area contributed by atoms with E-state index < -0.39 is 0 Å². The van der Waals surface area contributed by atoms with Crippen molar-refractivity contribution < 1.29 is 10.2 Å². The molecular formula is C20H23NO2. The summed E-state index contributed by atoms with van der Waals surface area (Å²) in [6.07, 6.45) is 1.06. The Morgan fingerprint density at radius 2 is 1.83 bits per heavy atom. The van der Waals surface area contributed by atoms with E-state index in [-0.39, 0.29) is 6.61 Å². The highest BCUT2D eigenvalue weighted by Crippen LogP contribution is 2.13. The van der Waals surface area contributed by atoms with Crippen molar-refractivity contribution in [3.05, 3.63) is 65.2 Å². The molecule has 3 nitrogen and oxygen atoms in total. The Morgan fingerprint density at radius 1 is 1.04 bits per heavy atom. The summed E-state index contributed by atoms with van der Waals surface area (Å²) in [5.41, 5.74) is 2.88. The molecule has 0 radical (unpaired) electrons. The lowest BCUT2D eigenvalue weighted by Gasteiger charge is -2.19. The molecule has 0 aliphatic heterocycles. The average Bonchev–Trinajstić information content (AvgIpc) is 2.55. The van der Waals surface area contributed by atoms with Gasteiger partial charge in [-0.05, 0) is 48.4 Å². The van der Waals surface area contributed by atoms with E-state index >= 15 is 0 Å². The normalized spacial score (nSPS) is 10.4. The second kappa shape index (κ2) is 8.99. The molecule has 0 unspecified atom stereocenters. The first kappa shape index (κ1) is 17.1. The van der Waals surface area contributed by atoms with Crippen molar-refractivity contribution in [1.29, 1.82) is 0 Å². The number of benzene rings is 2. The van der Waals surface area contributed by atoms with Crippen molar-refractivity contribution in [3.63, 3.8) is 0 Å². The summed E-state index contributed by atoms with van der Waals surface area (Å²) in [7, 11) is 0. The first-order valence-electron chi connectivity index (χ1n) is 7.90. The lowest BCUT2D eigenvalue weighted by molar-refractivity contribution is 0.282. The third-order valence-corrected chi connectivity index (χ3v) is 3.50. The molecule has 2 rings (SSSR count). The van der Waals surface area contributed by atoms with Crippen molar-refractivity contribution in [3.8, 4) is 17.6 Å². The van der Waals surface area contributed by atoms with Crippen molar-refractivity contribution >= 4 is 0 Å². The molecule has 3 heteroatoms. The molecule has 0 atom stereocenters. The highest BCUT2D eigenvalue weighted by Gasteiger charge is 2.04. The minimum atomic E-state index is 0.0367. The maximum Gasteiger partial charge on any atom is 0.115 e. The number of phenols is 1. The smallest absolute Gasteiger partial charge is 0.115 e. The summed E-state index contributed by atoms with van der Waals surface area (Å²) in [4.78, 5) is 2.26. The van der Waals surface area contributed by atoms with Gasteiger partial charge in [0.1, 0.15) is 5.75 Å². The first-order chi connectivity index (χ1) is 11.2. The zero-order chi connectivity index (χ0) is 16.5. The largest absolute Gasteiger partial charge is 0.508 e. The second-order valence-corrected chi connectivity index (χ2v) is 5.54. The third kappa shape index (κ3) is 5.78. The van der Waals surface area contributed by atoms with Gasteiger partial charge in [0.25, 0.3) is 0 Å². The summed E-state index contributed by atoms with van der Waals surface area (Å²) in [6.45, 7) is 4.59. The predicted molar refractivity (Wildman–Crippen MR) is 92.9 cm³/mol. The van der Waals surface area contributed by atoms with Gasteiger partial charge in [0.2, 0.25) is 0 Å². The van der Waals surface area contributed by atoms with E-state index in [0.29, 0.717) is 12.3 Å². The number of hydrogen-bond donors (Lipinski definition) is 2. The van der Waals surface area contributed by atoms with Crippen molar-refractivity contribution in [1.82, 2.24) is 4.90 Å². The lowest BCUT2D eigenvalue weighted by atomic mass is 10.1. The number of hydrogen-bond acceptors (Lipinski definition) is 3. The van der Waals surface area contributed by atoms with E-state index in [1.807, 2.05) is 36.4 Å². The molecule has 0 fully saturated rings. The fourth-order valence-corrected chi connectivity index (χ4v) is 2.44. The fraction of sp³-hybridized carbons (Fsp3) is 0.300. The molecule has 2 aromatic rings. The van der Waals surface area contributed by atoms with Gasteiger partial charge in [-0.2, -0.15) is 0 Å². The van der Waals surface area contributed by atoms with Crippen LogP contribution in [-0.2, 0) is 13.2 Å². The van der Waals surface area contributed by atoms with Crippen LogP contribution in [0, 0.1) is 11.8 Å². The minimum absolute atomic E-state index is 0.0367. The topological polar surface area (TPSA) is 43.7 Å². The molecule has 0 aromatic heterocycles. The lowest BCUT2D eigenvalue weighted by Crippen LogP contribution is -2.24. The van der Waals surface area contributed by atoms with Crippen molar-refractivity contribution in [2.45, 2.75) is 26.5 Å². The average molecular weight is 309 g/mol. The molecule has 2 N–H and O–H groups in total. The van der Waals surface area contributed by atoms with Gasteiger partial charge < -0.3 is 10.2 Å². The molecule has 0 saturated carbocycles. The molecule has 0 aliphatic carbocycles. The van der Waals surface area contributed by atoms with Crippen LogP contribution in [0.5, 0.6) is 5.75 Å². The van der Waals surface area contributed by atoms with Crippen LogP contribution in [0.25, 0.3) is 0 Å². The molecule has 0 heterocycles. The number of rotatable bonds is 6. The molecule has 0 saturated heterocycles. The molecular weight excluding hydrogens is 286 g/mol. The Hall–Kier alpha value is -2.28. The molecule has 120 valence electrons. The van der Waals surface area contributed by atoms with Crippen LogP contribution in [0.1, 0.15) is 30.0 Å². The van der Waals surface area contributed by atoms with Gasteiger partial charge in [-0.15, -0.1) is 0 Å². The van der Waals surface area contributed by atoms with Gasteiger partial charge >= 0.3 is 0 Å². The summed E-state index contributed by atoms with van der Waals surface area (Å²) in [5.74, 6) is 6.65. The van der Waals surface area contributed by atoms with Gasteiger partial charge in [0.05, 0.1) is 13.2 Å². The van der Waals surface area contributed by atoms with E-state index in [1.54, 1.807) is 12.1 Å². The molecule has 0 bridgehead atoms. The highest BCUT2D eigenvalue weighted by molar-refractivity contribution is 5.37. The van der Waals surface area contributed by atoms with Gasteiger partial charge in [-0.1, -0.05) is 43.0 Å². The summed E-state index contributed by atoms with van der Waals surface area (Å²) < 4.78 is 0. The number of aromatic hydroxyl groups is 1. The van der Waals surface area contributed by atoms with Crippen LogP contribution in [0.15, 0.2) is 48.5 Å². The van der Waals surface area contributed by atoms with E-state index in [0.717, 1.165) is 36.2 Å². The minimum Gasteiger partial charge on any atom is -0.508 e. The third-order valence-electron chi connectivity index (χ3n) is 3.50. The predicted octanol–water partition coefficient (Wildman–Crippen LogP) is 3.15. The van der Waals surface area contributed by atoms with Crippen LogP contribution < -0.4 is 0 Å². The number of nitrogens with zero attached hydrogens (tertiary/aromatic N) is 1. The maximum atomic E-state index is 9.56. The van der Waals surface area contributed by atoms with Crippen LogP contribution >= 0.6 is 0 Å². The monoisotopic (exact) mass is 309 g/mol. The Labute approximate surface area is 138 Å². The van der Waals surface area contributed by atoms with E-state index in [4.69, 9.17) is 5.11 Å². The van der Waals surface area contributed by atoms with Crippen molar-refractivity contribution in [2.75, 3.05) is 13.1 Å². The summed E-state index contributed by atoms with van der Waals surface area (Å²) >= 11 is 0. The molecule has 23 heavy (non-hydrogen) atoms. The molecule has 0 aliphatic rings. The van der Waals surface area contributed by atoms with E-state index in [1.165, 1.54) is 0 Å². The number of aliphatic hydroxyl groups is 1. The van der Waals surface area contributed by atoms with Crippen LogP contribution in [-0.4, -0.2) is 28.2 Å². The maximum absolute atomic E-state index is 9.56. The molecule has 0 spiro atoms. The van der Waals surface area contributed by atoms with Gasteiger partial charge in [0.15, 0.2) is 0 Å². The van der Waals surface area contributed by atoms with Gasteiger partial charge in [-0.25, -0.2) is 0 Å². The van der Waals surface area contributed by atoms with E-state index in [9.17, 15) is 5.11 Å². The van der Waals surface area contributed by atoms with Crippen LogP contribution in [0.3, 0.4) is 0 Å². The fourth-order valence-electron chi connectivity index (χ4n) is 2.44. The van der Waals surface area contributed by atoms with Crippen LogP contribution in [0.4, 0.5) is 0 Å². The van der Waals surface area contributed by atoms with E-state index in [2.05, 4.69) is 23.7 Å². The summed E-state index contributed by atoms with van der Waals surface area (Å²) in [5, 5.41) is 18.7. The highest BCUT2D eigenvalue weighted by atomic mass is 16.3. The quantitative estimate of drug-likeness (QED) is 0.806. The Bertz CT molecular complexity index is 685. The number of phenolic OH excluding ortho intramolecular Hbond substituents is 1. The Balaban J connectivity index is 2.01. The van der Waals surface area contributed by atoms with Crippen molar-refractivity contribution in [2.24, 2.45) is 0 Å². The second-order valence-electron chi connectivity index (χ2n) is 5.54. The summed E-state index contributed by atoms with van der Waals surface area (Å²) in [6, 6.07) is 15.0. The molecule has 2 aromatic carbocycles.